The first-order valence-electron chi connectivity index (χ1n) is 9.23. The zero-order valence-corrected chi connectivity index (χ0v) is 16.3. The Balaban J connectivity index is 4.96. The number of carbonyl (C=O) groups is 3. The van der Waals surface area contributed by atoms with Crippen molar-refractivity contribution in [1.82, 2.24) is 10.6 Å². The number of quaternary nitrogens is 1. The molecule has 0 aromatic heterocycles. The molecule has 0 aliphatic heterocycles. The van der Waals surface area contributed by atoms with Gasteiger partial charge in [-0.2, -0.15) is 0 Å². The lowest BCUT2D eigenvalue weighted by Crippen LogP contribution is -2.69. The number of carboxylic acids is 1. The molecule has 3 atom stereocenters. The number of carboxylic acid groups (broad SMARTS) is 1. The highest BCUT2D eigenvalue weighted by atomic mass is 16.4. The highest BCUT2D eigenvalue weighted by Gasteiger charge is 2.28. The number of nitrogens with one attached hydrogen (secondary N) is 2. The number of hydrogen-bond acceptors (Lipinski definition) is 4. The molecule has 146 valence electrons. The molecule has 25 heavy (non-hydrogen) atoms. The Morgan fingerprint density at radius 1 is 0.920 bits per heavy atom. The van der Waals surface area contributed by atoms with Crippen LogP contribution in [0.2, 0.25) is 0 Å². The first-order valence-corrected chi connectivity index (χ1v) is 9.23. The third-order valence-electron chi connectivity index (χ3n) is 3.91. The molecule has 0 aromatic carbocycles. The van der Waals surface area contributed by atoms with Crippen molar-refractivity contribution in [1.29, 1.82) is 0 Å². The van der Waals surface area contributed by atoms with Gasteiger partial charge in [0, 0.05) is 6.42 Å². The molecule has 0 saturated carbocycles. The molecule has 0 unspecified atom stereocenters. The number of aliphatic carboxylic acids is 1. The highest BCUT2D eigenvalue weighted by Crippen LogP contribution is 2.08. The lowest BCUT2D eigenvalue weighted by atomic mass is 10.00. The zero-order valence-electron chi connectivity index (χ0n) is 16.3. The van der Waals surface area contributed by atoms with E-state index in [2.05, 4.69) is 16.4 Å². The number of hydrogen-bond donors (Lipinski definition) is 3. The minimum Gasteiger partial charge on any atom is -0.548 e. The number of amides is 2. The Bertz CT molecular complexity index is 438. The predicted molar refractivity (Wildman–Crippen MR) is 94.0 cm³/mol. The van der Waals surface area contributed by atoms with Crippen LogP contribution in [0.15, 0.2) is 0 Å². The Morgan fingerprint density at radius 2 is 1.44 bits per heavy atom. The van der Waals surface area contributed by atoms with Gasteiger partial charge in [-0.05, 0) is 24.7 Å². The summed E-state index contributed by atoms with van der Waals surface area (Å²) in [6, 6.07) is -2.25. The van der Waals surface area contributed by atoms with E-state index in [0.717, 1.165) is 6.42 Å². The molecular weight excluding hydrogens is 322 g/mol. The molecule has 0 spiro atoms. The molecule has 0 fully saturated rings. The van der Waals surface area contributed by atoms with E-state index in [4.69, 9.17) is 0 Å². The molecule has 0 saturated heterocycles. The maximum Gasteiger partial charge on any atom is 0.278 e. The van der Waals surface area contributed by atoms with Gasteiger partial charge in [0.2, 0.25) is 5.91 Å². The summed E-state index contributed by atoms with van der Waals surface area (Å²) in [7, 11) is 0. The topological polar surface area (TPSA) is 126 Å². The molecule has 0 aliphatic carbocycles. The summed E-state index contributed by atoms with van der Waals surface area (Å²) in [5, 5.41) is 16.4. The molecule has 0 bridgehead atoms. The average molecular weight is 357 g/mol. The summed E-state index contributed by atoms with van der Waals surface area (Å²) < 4.78 is 0. The van der Waals surface area contributed by atoms with Gasteiger partial charge in [0.25, 0.3) is 5.91 Å². The summed E-state index contributed by atoms with van der Waals surface area (Å²) in [5.41, 5.74) is 3.85. The third-order valence-corrected chi connectivity index (χ3v) is 3.91. The highest BCUT2D eigenvalue weighted by molar-refractivity contribution is 5.91. The molecule has 7 heteroatoms. The molecule has 5 N–H and O–H groups in total. The van der Waals surface area contributed by atoms with Gasteiger partial charge in [0.1, 0.15) is 6.04 Å². The zero-order chi connectivity index (χ0) is 19.6. The summed E-state index contributed by atoms with van der Waals surface area (Å²) in [4.78, 5) is 36.0. The van der Waals surface area contributed by atoms with Gasteiger partial charge < -0.3 is 26.3 Å². The second-order valence-corrected chi connectivity index (χ2v) is 7.54. The van der Waals surface area contributed by atoms with E-state index in [9.17, 15) is 19.5 Å². The quantitative estimate of drug-likeness (QED) is 0.439. The van der Waals surface area contributed by atoms with E-state index >= 15 is 0 Å². The van der Waals surface area contributed by atoms with E-state index in [1.54, 1.807) is 0 Å². The average Bonchev–Trinajstić information content (AvgIpc) is 2.48. The van der Waals surface area contributed by atoms with E-state index < -0.39 is 30.0 Å². The molecule has 0 aliphatic rings. The first-order chi connectivity index (χ1) is 11.6. The maximum atomic E-state index is 12.5. The van der Waals surface area contributed by atoms with Gasteiger partial charge in [0.15, 0.2) is 6.04 Å². The standard InChI is InChI=1S/C18H35N3O4/c1-6-7-8-14(18(24)25)20-17(23)15(10-12(4)5)21-16(22)13(19)9-11(2)3/h11-15H,6-10,19H2,1-5H3,(H,20,23)(H,21,22)(H,24,25)/t13-,14-,15-/m0/s1. The Kier molecular flexibility index (Phi) is 11.1. The van der Waals surface area contributed by atoms with Crippen LogP contribution in [0.3, 0.4) is 0 Å². The fraction of sp³-hybridized carbons (Fsp3) is 0.833. The molecule has 2 amide bonds. The minimum atomic E-state index is -1.30. The number of carbonyl (C=O) groups excluding carboxylic acids is 3. The number of unbranched alkanes of at least 4 members (excludes halogenated alkanes) is 1. The van der Waals surface area contributed by atoms with Crippen molar-refractivity contribution in [3.8, 4) is 0 Å². The van der Waals surface area contributed by atoms with Crippen LogP contribution in [0.4, 0.5) is 0 Å². The van der Waals surface area contributed by atoms with Gasteiger partial charge in [-0.3, -0.25) is 9.59 Å². The first kappa shape index (κ1) is 23.4. The normalized spacial score (nSPS) is 14.9. The lowest BCUT2D eigenvalue weighted by Gasteiger charge is -2.25. The van der Waals surface area contributed by atoms with Crippen molar-refractivity contribution >= 4 is 17.8 Å². The monoisotopic (exact) mass is 357 g/mol. The Labute approximate surface area is 151 Å². The third kappa shape index (κ3) is 10.1. The second-order valence-electron chi connectivity index (χ2n) is 7.54. The van der Waals surface area contributed by atoms with Crippen molar-refractivity contribution < 1.29 is 25.2 Å². The molecule has 0 radical (unpaired) electrons. The van der Waals surface area contributed by atoms with Crippen LogP contribution < -0.4 is 21.5 Å². The molecule has 7 nitrogen and oxygen atoms in total. The van der Waals surface area contributed by atoms with Crippen molar-refractivity contribution in [3.05, 3.63) is 0 Å². The largest absolute Gasteiger partial charge is 0.548 e. The van der Waals surface area contributed by atoms with E-state index in [-0.39, 0.29) is 11.8 Å². The Hall–Kier alpha value is -1.63. The van der Waals surface area contributed by atoms with Crippen LogP contribution in [-0.2, 0) is 14.4 Å². The van der Waals surface area contributed by atoms with Crippen LogP contribution in [0.5, 0.6) is 0 Å². The van der Waals surface area contributed by atoms with Crippen LogP contribution >= 0.6 is 0 Å². The minimum absolute atomic E-state index is 0.168. The van der Waals surface area contributed by atoms with Crippen molar-refractivity contribution in [2.24, 2.45) is 11.8 Å². The van der Waals surface area contributed by atoms with Crippen molar-refractivity contribution in [2.75, 3.05) is 0 Å². The van der Waals surface area contributed by atoms with Gasteiger partial charge in [-0.15, -0.1) is 0 Å². The molecule has 0 heterocycles. The van der Waals surface area contributed by atoms with E-state index in [1.165, 1.54) is 0 Å². The summed E-state index contributed by atoms with van der Waals surface area (Å²) in [5.74, 6) is -1.58. The second kappa shape index (κ2) is 11.8. The van der Waals surface area contributed by atoms with Crippen LogP contribution in [0.25, 0.3) is 0 Å². The Morgan fingerprint density at radius 3 is 1.88 bits per heavy atom. The van der Waals surface area contributed by atoms with Gasteiger partial charge in [-0.1, -0.05) is 47.5 Å². The molecule has 0 aromatic rings. The fourth-order valence-corrected chi connectivity index (χ4v) is 2.60. The van der Waals surface area contributed by atoms with Crippen LogP contribution in [-0.4, -0.2) is 35.9 Å². The van der Waals surface area contributed by atoms with Crippen molar-refractivity contribution in [3.63, 3.8) is 0 Å². The molecule has 0 rings (SSSR count). The number of rotatable bonds is 12. The fourth-order valence-electron chi connectivity index (χ4n) is 2.60. The van der Waals surface area contributed by atoms with E-state index in [1.807, 2.05) is 34.6 Å². The van der Waals surface area contributed by atoms with E-state index in [0.29, 0.717) is 31.6 Å². The predicted octanol–water partition coefficient (Wildman–Crippen LogP) is -0.401. The SMILES string of the molecule is CCCC[C@H](NC(=O)[C@H](CC(C)C)NC(=O)[C@@H]([NH3+])CC(C)C)C(=O)[O-]. The maximum absolute atomic E-state index is 12.5. The summed E-state index contributed by atoms with van der Waals surface area (Å²) >= 11 is 0. The van der Waals surface area contributed by atoms with Gasteiger partial charge in [-0.25, -0.2) is 0 Å². The lowest BCUT2D eigenvalue weighted by molar-refractivity contribution is -0.406. The summed E-state index contributed by atoms with van der Waals surface area (Å²) in [6.45, 7) is 9.83. The molecular formula is C18H35N3O4. The van der Waals surface area contributed by atoms with Crippen LogP contribution in [0.1, 0.15) is 66.7 Å². The van der Waals surface area contributed by atoms with Crippen molar-refractivity contribution in [2.45, 2.75) is 84.8 Å². The van der Waals surface area contributed by atoms with Crippen LogP contribution in [0, 0.1) is 11.8 Å². The smallest absolute Gasteiger partial charge is 0.278 e. The summed E-state index contributed by atoms with van der Waals surface area (Å²) in [6.07, 6.45) is 2.87. The van der Waals surface area contributed by atoms with Gasteiger partial charge in [0.05, 0.1) is 12.0 Å². The van der Waals surface area contributed by atoms with Gasteiger partial charge >= 0.3 is 0 Å².